The summed E-state index contributed by atoms with van der Waals surface area (Å²) in [6, 6.07) is 12.1. The Kier molecular flexibility index (Phi) is 6.21. The summed E-state index contributed by atoms with van der Waals surface area (Å²) in [4.78, 5) is 29.0. The third-order valence-electron chi connectivity index (χ3n) is 4.50. The van der Waals surface area contributed by atoms with E-state index < -0.39 is 6.04 Å². The second kappa shape index (κ2) is 8.62. The van der Waals surface area contributed by atoms with Crippen LogP contribution in [0.1, 0.15) is 48.6 Å². The number of carbonyl (C=O) groups is 2. The number of hydrogen-bond acceptors (Lipinski definition) is 6. The zero-order chi connectivity index (χ0) is 20.1. The van der Waals surface area contributed by atoms with E-state index in [1.807, 2.05) is 68.6 Å². The third-order valence-corrected chi connectivity index (χ3v) is 5.93. The Labute approximate surface area is 172 Å². The Morgan fingerprint density at radius 1 is 1.18 bits per heavy atom. The van der Waals surface area contributed by atoms with Gasteiger partial charge in [-0.15, -0.1) is 16.4 Å². The van der Waals surface area contributed by atoms with E-state index in [9.17, 15) is 9.59 Å². The van der Waals surface area contributed by atoms with E-state index in [1.165, 1.54) is 16.2 Å². The number of nitrogens with one attached hydrogen (secondary N) is 1. The molecule has 1 aromatic carbocycles. The van der Waals surface area contributed by atoms with Gasteiger partial charge in [0.05, 0.1) is 0 Å². The van der Waals surface area contributed by atoms with E-state index in [0.717, 1.165) is 22.8 Å². The average Bonchev–Trinajstić information content (AvgIpc) is 3.39. The van der Waals surface area contributed by atoms with Crippen LogP contribution < -0.4 is 10.2 Å². The van der Waals surface area contributed by atoms with Crippen molar-refractivity contribution in [1.82, 2.24) is 14.9 Å². The first-order valence-electron chi connectivity index (χ1n) is 8.94. The minimum absolute atomic E-state index is 0.220. The lowest BCUT2D eigenvalue weighted by Crippen LogP contribution is -2.50. The maximum Gasteiger partial charge on any atom is 0.280 e. The van der Waals surface area contributed by atoms with Crippen molar-refractivity contribution in [2.75, 3.05) is 4.90 Å². The van der Waals surface area contributed by atoms with Crippen LogP contribution in [0.5, 0.6) is 0 Å². The van der Waals surface area contributed by atoms with E-state index in [1.54, 1.807) is 5.38 Å². The molecule has 2 amide bonds. The normalized spacial score (nSPS) is 12.4. The van der Waals surface area contributed by atoms with Gasteiger partial charge >= 0.3 is 0 Å². The molecule has 3 aromatic rings. The van der Waals surface area contributed by atoms with E-state index in [4.69, 9.17) is 0 Å². The molecule has 0 fully saturated rings. The number of nitrogens with zero attached hydrogens (tertiary/aromatic N) is 3. The van der Waals surface area contributed by atoms with Crippen LogP contribution in [0.2, 0.25) is 0 Å². The van der Waals surface area contributed by atoms with Crippen molar-refractivity contribution >= 4 is 40.4 Å². The molecule has 8 heteroatoms. The van der Waals surface area contributed by atoms with E-state index in [2.05, 4.69) is 14.9 Å². The molecule has 1 unspecified atom stereocenters. The van der Waals surface area contributed by atoms with Crippen LogP contribution in [0.4, 0.5) is 5.69 Å². The van der Waals surface area contributed by atoms with Gasteiger partial charge in [-0.1, -0.05) is 35.7 Å². The summed E-state index contributed by atoms with van der Waals surface area (Å²) < 4.78 is 3.81. The topological polar surface area (TPSA) is 75.2 Å². The van der Waals surface area contributed by atoms with Crippen LogP contribution in [0.25, 0.3) is 0 Å². The maximum atomic E-state index is 13.4. The number of rotatable bonds is 7. The zero-order valence-corrected chi connectivity index (χ0v) is 17.6. The molecule has 1 N–H and O–H groups in total. The number of anilines is 1. The second-order valence-corrected chi connectivity index (χ2v) is 8.53. The molecule has 0 saturated carbocycles. The first-order valence-corrected chi connectivity index (χ1v) is 10.7. The first-order chi connectivity index (χ1) is 13.4. The standard InChI is InChI=1S/C20H22N4O2S2/c1-4-20(2,3)21-18(25)17(16-11-8-12-27-16)24(14-9-6-5-7-10-14)19(26)15-13-28-23-22-15/h5-13,17H,4H2,1-3H3,(H,21,25). The quantitative estimate of drug-likeness (QED) is 0.626. The fourth-order valence-electron chi connectivity index (χ4n) is 2.66. The number of aromatic nitrogens is 2. The molecule has 146 valence electrons. The fourth-order valence-corrected chi connectivity index (χ4v) is 3.91. The van der Waals surface area contributed by atoms with E-state index in [0.29, 0.717) is 5.69 Å². The van der Waals surface area contributed by atoms with Crippen LogP contribution >= 0.6 is 22.9 Å². The highest BCUT2D eigenvalue weighted by Gasteiger charge is 2.36. The summed E-state index contributed by atoms with van der Waals surface area (Å²) in [5.74, 6) is -0.586. The number of hydrogen-bond donors (Lipinski definition) is 1. The Morgan fingerprint density at radius 2 is 1.93 bits per heavy atom. The van der Waals surface area contributed by atoms with Crippen molar-refractivity contribution in [2.45, 2.75) is 38.8 Å². The van der Waals surface area contributed by atoms with Gasteiger partial charge in [-0.05, 0) is 55.4 Å². The van der Waals surface area contributed by atoms with Crippen molar-refractivity contribution in [3.8, 4) is 0 Å². The molecule has 28 heavy (non-hydrogen) atoms. The fraction of sp³-hybridized carbons (Fsp3) is 0.300. The zero-order valence-electron chi connectivity index (χ0n) is 16.0. The molecular weight excluding hydrogens is 392 g/mol. The van der Waals surface area contributed by atoms with E-state index in [-0.39, 0.29) is 23.0 Å². The van der Waals surface area contributed by atoms with Crippen LogP contribution in [-0.4, -0.2) is 26.9 Å². The molecule has 0 bridgehead atoms. The smallest absolute Gasteiger partial charge is 0.280 e. The van der Waals surface area contributed by atoms with Crippen LogP contribution in [-0.2, 0) is 4.79 Å². The van der Waals surface area contributed by atoms with Gasteiger partial charge < -0.3 is 5.32 Å². The van der Waals surface area contributed by atoms with Gasteiger partial charge in [0.15, 0.2) is 11.7 Å². The van der Waals surface area contributed by atoms with Gasteiger partial charge in [-0.2, -0.15) is 0 Å². The summed E-state index contributed by atoms with van der Waals surface area (Å²) in [6.45, 7) is 5.95. The summed E-state index contributed by atoms with van der Waals surface area (Å²) >= 11 is 2.55. The highest BCUT2D eigenvalue weighted by atomic mass is 32.1. The van der Waals surface area contributed by atoms with Crippen LogP contribution in [0.3, 0.4) is 0 Å². The maximum absolute atomic E-state index is 13.4. The molecule has 2 aromatic heterocycles. The van der Waals surface area contributed by atoms with Gasteiger partial charge in [-0.3, -0.25) is 14.5 Å². The predicted octanol–water partition coefficient (Wildman–Crippen LogP) is 4.29. The van der Waals surface area contributed by atoms with Crippen molar-refractivity contribution < 1.29 is 9.59 Å². The van der Waals surface area contributed by atoms with Gasteiger partial charge in [0, 0.05) is 21.5 Å². The summed E-state index contributed by atoms with van der Waals surface area (Å²) in [5, 5.41) is 10.5. The Hall–Kier alpha value is -2.58. The van der Waals surface area contributed by atoms with Gasteiger partial charge in [0.2, 0.25) is 5.91 Å². The Morgan fingerprint density at radius 3 is 2.50 bits per heavy atom. The number of carbonyl (C=O) groups excluding carboxylic acids is 2. The minimum atomic E-state index is -0.803. The molecule has 6 nitrogen and oxygen atoms in total. The molecule has 0 aliphatic heterocycles. The molecule has 3 rings (SSSR count). The summed E-state index contributed by atoms with van der Waals surface area (Å²) in [5.41, 5.74) is 0.460. The summed E-state index contributed by atoms with van der Waals surface area (Å²) in [6.07, 6.45) is 0.769. The molecule has 1 atom stereocenters. The minimum Gasteiger partial charge on any atom is -0.349 e. The molecule has 0 aliphatic rings. The SMILES string of the molecule is CCC(C)(C)NC(=O)C(c1cccs1)N(C(=O)c1csnn1)c1ccccc1. The van der Waals surface area contributed by atoms with Crippen molar-refractivity contribution in [2.24, 2.45) is 0 Å². The number of thiophene rings is 1. The molecule has 0 saturated heterocycles. The highest BCUT2D eigenvalue weighted by Crippen LogP contribution is 2.32. The number of amides is 2. The van der Waals surface area contributed by atoms with Gasteiger partial charge in [0.25, 0.3) is 5.91 Å². The van der Waals surface area contributed by atoms with Gasteiger partial charge in [-0.25, -0.2) is 0 Å². The lowest BCUT2D eigenvalue weighted by molar-refractivity contribution is -0.124. The Bertz CT molecular complexity index is 909. The second-order valence-electron chi connectivity index (χ2n) is 6.95. The first kappa shape index (κ1) is 20.2. The van der Waals surface area contributed by atoms with E-state index >= 15 is 0 Å². The molecular formula is C20H22N4O2S2. The number of benzene rings is 1. The van der Waals surface area contributed by atoms with Gasteiger partial charge in [0.1, 0.15) is 0 Å². The molecule has 0 radical (unpaired) electrons. The predicted molar refractivity (Wildman–Crippen MR) is 113 cm³/mol. The average molecular weight is 415 g/mol. The third kappa shape index (κ3) is 4.45. The van der Waals surface area contributed by atoms with Crippen molar-refractivity contribution in [3.05, 3.63) is 63.8 Å². The lowest BCUT2D eigenvalue weighted by atomic mass is 10.0. The molecule has 0 aliphatic carbocycles. The monoisotopic (exact) mass is 414 g/mol. The number of para-hydroxylation sites is 1. The molecule has 2 heterocycles. The lowest BCUT2D eigenvalue weighted by Gasteiger charge is -2.33. The van der Waals surface area contributed by atoms with Crippen molar-refractivity contribution in [3.63, 3.8) is 0 Å². The van der Waals surface area contributed by atoms with Crippen LogP contribution in [0.15, 0.2) is 53.2 Å². The Balaban J connectivity index is 2.09. The highest BCUT2D eigenvalue weighted by molar-refractivity contribution is 7.10. The van der Waals surface area contributed by atoms with Crippen molar-refractivity contribution in [1.29, 1.82) is 0 Å². The van der Waals surface area contributed by atoms with Crippen LogP contribution in [0, 0.1) is 0 Å². The summed E-state index contributed by atoms with van der Waals surface area (Å²) in [7, 11) is 0. The molecule has 0 spiro atoms. The largest absolute Gasteiger partial charge is 0.349 e.